The van der Waals surface area contributed by atoms with Crippen LogP contribution in [0.1, 0.15) is 73.1 Å². The maximum Gasteiger partial charge on any atom is 0.0594 e. The molecule has 5 rings (SSSR count). The summed E-state index contributed by atoms with van der Waals surface area (Å²) >= 11 is 0. The van der Waals surface area contributed by atoms with Gasteiger partial charge < -0.3 is 15.3 Å². The van der Waals surface area contributed by atoms with E-state index in [0.29, 0.717) is 46.1 Å². The second kappa shape index (κ2) is 6.14. The van der Waals surface area contributed by atoms with Gasteiger partial charge in [0.1, 0.15) is 0 Å². The van der Waals surface area contributed by atoms with E-state index in [0.717, 1.165) is 6.42 Å². The lowest BCUT2D eigenvalue weighted by Gasteiger charge is -2.62. The quantitative estimate of drug-likeness (QED) is 0.657. The molecule has 170 valence electrons. The maximum atomic E-state index is 11.3. The van der Waals surface area contributed by atoms with Crippen molar-refractivity contribution in [2.75, 3.05) is 21.1 Å². The van der Waals surface area contributed by atoms with Gasteiger partial charge in [-0.05, 0) is 106 Å². The summed E-state index contributed by atoms with van der Waals surface area (Å²) in [5, 5.41) is 14.8. The van der Waals surface area contributed by atoms with E-state index in [1.54, 1.807) is 0 Å². The van der Waals surface area contributed by atoms with Crippen molar-refractivity contribution in [3.05, 3.63) is 12.2 Å². The number of aliphatic hydroxyl groups is 1. The maximum absolute atomic E-state index is 11.3. The van der Waals surface area contributed by atoms with Gasteiger partial charge in [-0.1, -0.05) is 39.8 Å². The predicted molar refractivity (Wildman–Crippen MR) is 124 cm³/mol. The van der Waals surface area contributed by atoms with Crippen LogP contribution in [-0.4, -0.2) is 49.3 Å². The Morgan fingerprint density at radius 1 is 0.967 bits per heavy atom. The van der Waals surface area contributed by atoms with Crippen LogP contribution < -0.4 is 5.32 Å². The first-order valence-corrected chi connectivity index (χ1v) is 12.6. The molecule has 0 radical (unpaired) electrons. The highest BCUT2D eigenvalue weighted by atomic mass is 16.3. The molecule has 10 atom stereocenters. The van der Waals surface area contributed by atoms with Gasteiger partial charge in [0, 0.05) is 18.0 Å². The highest BCUT2D eigenvalue weighted by Crippen LogP contribution is 2.87. The van der Waals surface area contributed by atoms with Crippen LogP contribution >= 0.6 is 0 Å². The Hall–Kier alpha value is -0.380. The zero-order chi connectivity index (χ0) is 21.9. The van der Waals surface area contributed by atoms with E-state index in [4.69, 9.17) is 0 Å². The van der Waals surface area contributed by atoms with Crippen molar-refractivity contribution in [1.82, 2.24) is 10.2 Å². The predicted octanol–water partition coefficient (Wildman–Crippen LogP) is 4.71. The summed E-state index contributed by atoms with van der Waals surface area (Å²) in [5.74, 6) is 1.69. The van der Waals surface area contributed by atoms with E-state index in [2.05, 4.69) is 78.1 Å². The van der Waals surface area contributed by atoms with Gasteiger partial charge in [0.05, 0.1) is 6.10 Å². The molecule has 2 N–H and O–H groups in total. The van der Waals surface area contributed by atoms with Crippen LogP contribution in [0.25, 0.3) is 0 Å². The lowest BCUT2D eigenvalue weighted by Crippen LogP contribution is -2.58. The third-order valence-electron chi connectivity index (χ3n) is 12.2. The van der Waals surface area contributed by atoms with Crippen LogP contribution in [0.15, 0.2) is 12.2 Å². The van der Waals surface area contributed by atoms with Gasteiger partial charge in [-0.15, -0.1) is 0 Å². The minimum absolute atomic E-state index is 0.181. The van der Waals surface area contributed by atoms with E-state index in [1.807, 2.05) is 0 Å². The third-order valence-corrected chi connectivity index (χ3v) is 12.2. The molecule has 5 aliphatic rings. The summed E-state index contributed by atoms with van der Waals surface area (Å²) in [4.78, 5) is 2.48. The van der Waals surface area contributed by atoms with Gasteiger partial charge in [0.2, 0.25) is 0 Å². The Labute approximate surface area is 185 Å². The van der Waals surface area contributed by atoms with Crippen molar-refractivity contribution < 1.29 is 5.11 Å². The molecule has 4 saturated carbocycles. The van der Waals surface area contributed by atoms with Gasteiger partial charge in [-0.2, -0.15) is 0 Å². The fourth-order valence-electron chi connectivity index (χ4n) is 10.7. The smallest absolute Gasteiger partial charge is 0.0594 e. The number of rotatable bonds is 3. The summed E-state index contributed by atoms with van der Waals surface area (Å²) in [6, 6.07) is 1.04. The van der Waals surface area contributed by atoms with Crippen molar-refractivity contribution in [3.63, 3.8) is 0 Å². The SMILES string of the molecule is CNC(C)C1C(O)CC2(C)C3C=CC4C(C)(C)C(N(C)C)CCC45CC35CCC12C. The molecule has 0 aromatic heterocycles. The number of nitrogens with one attached hydrogen (secondary N) is 1. The van der Waals surface area contributed by atoms with Crippen molar-refractivity contribution in [3.8, 4) is 0 Å². The summed E-state index contributed by atoms with van der Waals surface area (Å²) in [7, 11) is 6.62. The van der Waals surface area contributed by atoms with E-state index < -0.39 is 0 Å². The molecule has 3 heteroatoms. The topological polar surface area (TPSA) is 35.5 Å². The summed E-state index contributed by atoms with van der Waals surface area (Å²) < 4.78 is 0. The Morgan fingerprint density at radius 2 is 1.60 bits per heavy atom. The largest absolute Gasteiger partial charge is 0.393 e. The van der Waals surface area contributed by atoms with Crippen molar-refractivity contribution in [1.29, 1.82) is 0 Å². The molecule has 0 saturated heterocycles. The van der Waals surface area contributed by atoms with E-state index in [1.165, 1.54) is 32.1 Å². The summed E-state index contributed by atoms with van der Waals surface area (Å²) in [6.07, 6.45) is 13.0. The monoisotopic (exact) mass is 414 g/mol. The Kier molecular flexibility index (Phi) is 4.39. The molecule has 5 aliphatic carbocycles. The second-order valence-electron chi connectivity index (χ2n) is 13.4. The Morgan fingerprint density at radius 3 is 2.23 bits per heavy atom. The normalized spacial score (nSPS) is 56.7. The third kappa shape index (κ3) is 2.19. The number of allylic oxidation sites excluding steroid dienone is 2. The summed E-state index contributed by atoms with van der Waals surface area (Å²) in [5.41, 5.74) is 1.75. The fourth-order valence-corrected chi connectivity index (χ4v) is 10.7. The molecule has 2 spiro atoms. The molecule has 0 heterocycles. The van der Waals surface area contributed by atoms with Crippen LogP contribution in [0.4, 0.5) is 0 Å². The average molecular weight is 415 g/mol. The minimum atomic E-state index is -0.181. The molecular formula is C27H46N2O. The molecule has 0 aliphatic heterocycles. The van der Waals surface area contributed by atoms with Crippen molar-refractivity contribution >= 4 is 0 Å². The number of hydrogen-bond acceptors (Lipinski definition) is 3. The van der Waals surface area contributed by atoms with Gasteiger partial charge >= 0.3 is 0 Å². The van der Waals surface area contributed by atoms with Crippen LogP contribution in [-0.2, 0) is 0 Å². The number of fused-ring (bicyclic) bond motifs is 2. The van der Waals surface area contributed by atoms with Crippen LogP contribution in [0.2, 0.25) is 0 Å². The molecule has 0 aromatic carbocycles. The second-order valence-corrected chi connectivity index (χ2v) is 13.4. The molecule has 0 bridgehead atoms. The lowest BCUT2D eigenvalue weighted by atomic mass is 9.43. The standard InChI is InChI=1S/C27H46N2O/c1-17(28-6)22-18(30)15-25(5)20-10-9-19-23(2,3)21(29(7)8)11-12-26(19)16-27(20,26)14-13-24(22,25)4/h9-10,17-22,28,30H,11-16H2,1-8H3. The average Bonchev–Trinajstić information content (AvgIpc) is 3.26. The molecule has 30 heavy (non-hydrogen) atoms. The van der Waals surface area contributed by atoms with E-state index >= 15 is 0 Å². The van der Waals surface area contributed by atoms with Gasteiger partial charge in [0.15, 0.2) is 0 Å². The minimum Gasteiger partial charge on any atom is -0.393 e. The number of hydrogen-bond donors (Lipinski definition) is 2. The first-order valence-electron chi connectivity index (χ1n) is 12.6. The first-order chi connectivity index (χ1) is 13.9. The fraction of sp³-hybridized carbons (Fsp3) is 0.926. The van der Waals surface area contributed by atoms with Gasteiger partial charge in [0.25, 0.3) is 0 Å². The Bertz CT molecular complexity index is 760. The van der Waals surface area contributed by atoms with Crippen LogP contribution in [0.5, 0.6) is 0 Å². The number of aliphatic hydroxyl groups excluding tert-OH is 1. The van der Waals surface area contributed by atoms with Crippen molar-refractivity contribution in [2.45, 2.75) is 91.3 Å². The van der Waals surface area contributed by atoms with Crippen molar-refractivity contribution in [2.24, 2.45) is 44.8 Å². The number of nitrogens with zero attached hydrogens (tertiary/aromatic N) is 1. The van der Waals surface area contributed by atoms with Crippen LogP contribution in [0, 0.1) is 44.8 Å². The molecule has 0 aromatic rings. The zero-order valence-electron chi connectivity index (χ0n) is 20.8. The van der Waals surface area contributed by atoms with Crippen LogP contribution in [0.3, 0.4) is 0 Å². The molecule has 10 unspecified atom stereocenters. The molecule has 3 nitrogen and oxygen atoms in total. The van der Waals surface area contributed by atoms with E-state index in [-0.39, 0.29) is 16.9 Å². The van der Waals surface area contributed by atoms with Gasteiger partial charge in [-0.25, -0.2) is 0 Å². The van der Waals surface area contributed by atoms with Gasteiger partial charge in [-0.3, -0.25) is 0 Å². The zero-order valence-corrected chi connectivity index (χ0v) is 20.8. The molecule has 4 fully saturated rings. The lowest BCUT2D eigenvalue weighted by molar-refractivity contribution is -0.105. The highest BCUT2D eigenvalue weighted by molar-refractivity contribution is 5.37. The van der Waals surface area contributed by atoms with E-state index in [9.17, 15) is 5.11 Å². The Balaban J connectivity index is 1.56. The molecule has 0 amide bonds. The summed E-state index contributed by atoms with van der Waals surface area (Å²) in [6.45, 7) is 12.4. The first kappa shape index (κ1) is 21.5. The molecular weight excluding hydrogens is 368 g/mol. The highest BCUT2D eigenvalue weighted by Gasteiger charge is 2.82.